The molecule has 1 aromatic heterocycles. The molecule has 0 aliphatic rings. The van der Waals surface area contributed by atoms with E-state index in [-0.39, 0.29) is 0 Å². The molecule has 0 fully saturated rings. The lowest BCUT2D eigenvalue weighted by Crippen LogP contribution is -1.68. The lowest BCUT2D eigenvalue weighted by atomic mass is 10.3. The maximum Gasteiger partial charge on any atom is 0.115 e. The predicted octanol–water partition coefficient (Wildman–Crippen LogP) is 2.63. The molecule has 1 rings (SSSR count). The van der Waals surface area contributed by atoms with E-state index in [1.54, 1.807) is 11.3 Å². The highest BCUT2D eigenvalue weighted by atomic mass is 32.1. The van der Waals surface area contributed by atoms with E-state index in [0.29, 0.717) is 6.54 Å². The summed E-state index contributed by atoms with van der Waals surface area (Å²) in [4.78, 5) is 12.2. The molecule has 0 spiro atoms. The Balaban J connectivity index is 2.86. The van der Waals surface area contributed by atoms with Crippen LogP contribution in [0.5, 0.6) is 0 Å². The fraction of sp³-hybridized carbons (Fsp3) is 0.429. The van der Waals surface area contributed by atoms with Gasteiger partial charge >= 0.3 is 0 Å². The number of nitrogens with zero attached hydrogens (tertiary/aromatic N) is 1. The number of aryl methyl sites for hydroxylation is 2. The first-order chi connectivity index (χ1) is 4.74. The molecule has 0 saturated carbocycles. The molecular formula is C7H9NOS. The molecule has 0 saturated heterocycles. The van der Waals surface area contributed by atoms with E-state index in [9.17, 15) is 4.91 Å². The number of thiophene rings is 1. The minimum Gasteiger partial charge on any atom is -0.150 e. The highest BCUT2D eigenvalue weighted by Crippen LogP contribution is 2.20. The summed E-state index contributed by atoms with van der Waals surface area (Å²) in [7, 11) is 0. The van der Waals surface area contributed by atoms with E-state index in [2.05, 4.69) is 5.18 Å². The highest BCUT2D eigenvalue weighted by molar-refractivity contribution is 7.12. The van der Waals surface area contributed by atoms with E-state index in [1.807, 2.05) is 19.9 Å². The Morgan fingerprint density at radius 2 is 2.30 bits per heavy atom. The third-order valence-corrected chi connectivity index (χ3v) is 2.57. The highest BCUT2D eigenvalue weighted by Gasteiger charge is 1.99. The molecule has 0 N–H and O–H groups in total. The normalized spacial score (nSPS) is 9.80. The zero-order chi connectivity index (χ0) is 7.56. The molecule has 0 bridgehead atoms. The van der Waals surface area contributed by atoms with Crippen LogP contribution in [-0.2, 0) is 6.54 Å². The van der Waals surface area contributed by atoms with Crippen LogP contribution in [-0.4, -0.2) is 0 Å². The van der Waals surface area contributed by atoms with Crippen molar-refractivity contribution in [3.05, 3.63) is 26.3 Å². The van der Waals surface area contributed by atoms with Gasteiger partial charge in [0.15, 0.2) is 0 Å². The second-order valence-corrected chi connectivity index (χ2v) is 3.58. The first-order valence-electron chi connectivity index (χ1n) is 3.09. The molecule has 0 atom stereocenters. The summed E-state index contributed by atoms with van der Waals surface area (Å²) in [5.74, 6) is 0. The fourth-order valence-corrected chi connectivity index (χ4v) is 1.76. The number of rotatable bonds is 2. The first kappa shape index (κ1) is 7.41. The summed E-state index contributed by atoms with van der Waals surface area (Å²) in [5, 5.41) is 2.82. The van der Waals surface area contributed by atoms with Gasteiger partial charge < -0.3 is 0 Å². The number of nitroso groups, excluding NO2 is 1. The molecule has 0 amide bonds. The van der Waals surface area contributed by atoms with Crippen LogP contribution >= 0.6 is 11.3 Å². The fourth-order valence-electron chi connectivity index (χ4n) is 0.791. The van der Waals surface area contributed by atoms with E-state index in [4.69, 9.17) is 0 Å². The molecule has 0 aliphatic carbocycles. The molecule has 2 nitrogen and oxygen atoms in total. The lowest BCUT2D eigenvalue weighted by molar-refractivity contribution is 1.09. The lowest BCUT2D eigenvalue weighted by Gasteiger charge is -1.80. The average molecular weight is 155 g/mol. The molecule has 0 aromatic carbocycles. The van der Waals surface area contributed by atoms with Crippen molar-refractivity contribution < 1.29 is 0 Å². The van der Waals surface area contributed by atoms with Crippen LogP contribution < -0.4 is 0 Å². The van der Waals surface area contributed by atoms with Gasteiger partial charge in [0.05, 0.1) is 0 Å². The minimum absolute atomic E-state index is 0.319. The molecule has 1 aromatic rings. The second kappa shape index (κ2) is 2.92. The minimum atomic E-state index is 0.319. The van der Waals surface area contributed by atoms with Crippen molar-refractivity contribution in [3.8, 4) is 0 Å². The largest absolute Gasteiger partial charge is 0.150 e. The van der Waals surface area contributed by atoms with E-state index >= 15 is 0 Å². The maximum absolute atomic E-state index is 9.85. The van der Waals surface area contributed by atoms with Crippen molar-refractivity contribution >= 4 is 11.3 Å². The van der Waals surface area contributed by atoms with E-state index < -0.39 is 0 Å². The maximum atomic E-state index is 9.85. The Morgan fingerprint density at radius 3 is 2.70 bits per heavy atom. The van der Waals surface area contributed by atoms with Crippen LogP contribution in [0.1, 0.15) is 15.3 Å². The van der Waals surface area contributed by atoms with Crippen molar-refractivity contribution in [1.82, 2.24) is 0 Å². The van der Waals surface area contributed by atoms with Crippen LogP contribution in [0.2, 0.25) is 0 Å². The molecular weight excluding hydrogens is 146 g/mol. The van der Waals surface area contributed by atoms with Gasteiger partial charge in [-0.1, -0.05) is 5.18 Å². The average Bonchev–Trinajstić information content (AvgIpc) is 2.14. The standard InChI is InChI=1S/C7H9NOS/c1-5-3-7(4-8-9)10-6(5)2/h3H,4H2,1-2H3. The third kappa shape index (κ3) is 1.42. The van der Waals surface area contributed by atoms with Crippen LogP contribution in [0.25, 0.3) is 0 Å². The van der Waals surface area contributed by atoms with Gasteiger partial charge in [0.2, 0.25) is 0 Å². The molecule has 0 aliphatic heterocycles. The van der Waals surface area contributed by atoms with Crippen LogP contribution in [0.15, 0.2) is 11.2 Å². The number of hydrogen-bond donors (Lipinski definition) is 0. The topological polar surface area (TPSA) is 29.4 Å². The van der Waals surface area contributed by atoms with Crippen molar-refractivity contribution in [3.63, 3.8) is 0 Å². The Morgan fingerprint density at radius 1 is 1.60 bits per heavy atom. The molecule has 3 heteroatoms. The van der Waals surface area contributed by atoms with Gasteiger partial charge in [-0.15, -0.1) is 11.3 Å². The molecule has 10 heavy (non-hydrogen) atoms. The van der Waals surface area contributed by atoms with Crippen molar-refractivity contribution in [1.29, 1.82) is 0 Å². The first-order valence-corrected chi connectivity index (χ1v) is 3.90. The van der Waals surface area contributed by atoms with Gasteiger partial charge in [-0.25, -0.2) is 0 Å². The second-order valence-electron chi connectivity index (χ2n) is 2.24. The smallest absolute Gasteiger partial charge is 0.115 e. The summed E-state index contributed by atoms with van der Waals surface area (Å²) in [5.41, 5.74) is 1.25. The van der Waals surface area contributed by atoms with Gasteiger partial charge in [0.1, 0.15) is 6.54 Å². The van der Waals surface area contributed by atoms with Crippen LogP contribution in [0, 0.1) is 18.8 Å². The van der Waals surface area contributed by atoms with E-state index in [0.717, 1.165) is 4.88 Å². The van der Waals surface area contributed by atoms with Gasteiger partial charge in [0.25, 0.3) is 0 Å². The SMILES string of the molecule is Cc1cc(CN=O)sc1C. The van der Waals surface area contributed by atoms with Crippen LogP contribution in [0.3, 0.4) is 0 Å². The van der Waals surface area contributed by atoms with Crippen molar-refractivity contribution in [2.45, 2.75) is 20.4 Å². The summed E-state index contributed by atoms with van der Waals surface area (Å²) in [6.07, 6.45) is 0. The van der Waals surface area contributed by atoms with Crippen LogP contribution in [0.4, 0.5) is 0 Å². The number of hydrogen-bond acceptors (Lipinski definition) is 3. The van der Waals surface area contributed by atoms with Gasteiger partial charge in [-0.3, -0.25) is 0 Å². The van der Waals surface area contributed by atoms with Gasteiger partial charge in [0, 0.05) is 9.75 Å². The molecule has 1 heterocycles. The summed E-state index contributed by atoms with van der Waals surface area (Å²) < 4.78 is 0. The predicted molar refractivity (Wildman–Crippen MR) is 43.3 cm³/mol. The summed E-state index contributed by atoms with van der Waals surface area (Å²) in [6.45, 7) is 4.41. The summed E-state index contributed by atoms with van der Waals surface area (Å²) in [6, 6.07) is 2.02. The Kier molecular flexibility index (Phi) is 2.17. The van der Waals surface area contributed by atoms with E-state index in [1.165, 1.54) is 10.4 Å². The zero-order valence-electron chi connectivity index (χ0n) is 6.05. The molecule has 0 radical (unpaired) electrons. The molecule has 54 valence electrons. The van der Waals surface area contributed by atoms with Crippen molar-refractivity contribution in [2.75, 3.05) is 0 Å². The molecule has 0 unspecified atom stereocenters. The Labute approximate surface area is 63.9 Å². The van der Waals surface area contributed by atoms with Gasteiger partial charge in [-0.05, 0) is 25.5 Å². The quantitative estimate of drug-likeness (QED) is 0.603. The van der Waals surface area contributed by atoms with Gasteiger partial charge in [-0.2, -0.15) is 4.91 Å². The monoisotopic (exact) mass is 155 g/mol. The Hall–Kier alpha value is -0.700. The third-order valence-electron chi connectivity index (χ3n) is 1.44. The van der Waals surface area contributed by atoms with Crippen molar-refractivity contribution in [2.24, 2.45) is 5.18 Å². The Bertz CT molecular complexity index is 222. The summed E-state index contributed by atoms with van der Waals surface area (Å²) >= 11 is 1.65. The zero-order valence-corrected chi connectivity index (χ0v) is 6.86.